The molecule has 0 spiro atoms. The largest absolute Gasteiger partial charge is 0.377 e. The van der Waals surface area contributed by atoms with Crippen molar-refractivity contribution in [2.24, 2.45) is 5.73 Å². The van der Waals surface area contributed by atoms with E-state index in [1.54, 1.807) is 0 Å². The Bertz CT molecular complexity index is 521. The van der Waals surface area contributed by atoms with Gasteiger partial charge in [0, 0.05) is 18.0 Å². The summed E-state index contributed by atoms with van der Waals surface area (Å²) < 4.78 is 5.32. The van der Waals surface area contributed by atoms with E-state index in [0.29, 0.717) is 29.9 Å². The van der Waals surface area contributed by atoms with Gasteiger partial charge in [0.2, 0.25) is 5.91 Å². The van der Waals surface area contributed by atoms with Crippen LogP contribution >= 0.6 is 11.6 Å². The average molecular weight is 299 g/mol. The summed E-state index contributed by atoms with van der Waals surface area (Å²) in [4.78, 5) is 22.3. The summed E-state index contributed by atoms with van der Waals surface area (Å²) >= 11 is 6.18. The fourth-order valence-electron chi connectivity index (χ4n) is 2.12. The van der Waals surface area contributed by atoms with Gasteiger partial charge < -0.3 is 15.4 Å². The van der Waals surface area contributed by atoms with Gasteiger partial charge in [-0.15, -0.1) is 0 Å². The fraction of sp³-hybridized carbons (Fsp3) is 0.615. The SMILES string of the molecule is Cc1c(Cl)nc(C(C)C)nc1N1CCOCC1C(N)=O. The number of hydrogen-bond acceptors (Lipinski definition) is 5. The predicted octanol–water partition coefficient (Wildman–Crippen LogP) is 1.25. The molecule has 0 aliphatic carbocycles. The Morgan fingerprint density at radius 3 is 2.80 bits per heavy atom. The number of nitrogens with zero attached hydrogens (tertiary/aromatic N) is 3. The molecule has 1 aliphatic heterocycles. The minimum atomic E-state index is -0.520. The number of morpholine rings is 1. The van der Waals surface area contributed by atoms with Crippen LogP contribution in [-0.4, -0.2) is 41.7 Å². The topological polar surface area (TPSA) is 81.3 Å². The van der Waals surface area contributed by atoms with Crippen molar-refractivity contribution in [1.29, 1.82) is 0 Å². The molecule has 0 saturated carbocycles. The van der Waals surface area contributed by atoms with Crippen LogP contribution in [-0.2, 0) is 9.53 Å². The zero-order chi connectivity index (χ0) is 14.9. The average Bonchev–Trinajstić information content (AvgIpc) is 2.41. The normalized spacial score (nSPS) is 19.4. The van der Waals surface area contributed by atoms with E-state index < -0.39 is 11.9 Å². The summed E-state index contributed by atoms with van der Waals surface area (Å²) in [7, 11) is 0. The Balaban J connectivity index is 2.46. The van der Waals surface area contributed by atoms with E-state index in [4.69, 9.17) is 22.1 Å². The van der Waals surface area contributed by atoms with Crippen LogP contribution in [0.25, 0.3) is 0 Å². The first-order valence-corrected chi connectivity index (χ1v) is 6.97. The summed E-state index contributed by atoms with van der Waals surface area (Å²) in [6.45, 7) is 7.19. The molecular weight excluding hydrogens is 280 g/mol. The molecule has 6 nitrogen and oxygen atoms in total. The van der Waals surface area contributed by atoms with Gasteiger partial charge in [0.05, 0.1) is 13.2 Å². The van der Waals surface area contributed by atoms with Crippen molar-refractivity contribution in [1.82, 2.24) is 9.97 Å². The summed E-state index contributed by atoms with van der Waals surface area (Å²) in [5.41, 5.74) is 6.20. The molecule has 2 heterocycles. The van der Waals surface area contributed by atoms with Gasteiger partial charge in [0.15, 0.2) is 0 Å². The molecule has 2 N–H and O–H groups in total. The summed E-state index contributed by atoms with van der Waals surface area (Å²) in [5, 5.41) is 0.411. The number of primary amides is 1. The first-order chi connectivity index (χ1) is 9.41. The Hall–Kier alpha value is -1.40. The second-order valence-electron chi connectivity index (χ2n) is 5.16. The first-order valence-electron chi connectivity index (χ1n) is 6.59. The second-order valence-corrected chi connectivity index (χ2v) is 5.52. The van der Waals surface area contributed by atoms with Crippen molar-refractivity contribution in [3.8, 4) is 0 Å². The Labute approximate surface area is 123 Å². The third-order valence-electron chi connectivity index (χ3n) is 3.32. The number of ether oxygens (including phenoxy) is 1. The molecule has 0 radical (unpaired) electrons. The van der Waals surface area contributed by atoms with Crippen LogP contribution in [0.1, 0.15) is 31.2 Å². The number of nitrogens with two attached hydrogens (primary N) is 1. The molecule has 1 aromatic rings. The molecule has 1 unspecified atom stereocenters. The molecule has 1 fully saturated rings. The van der Waals surface area contributed by atoms with Gasteiger partial charge in [-0.05, 0) is 6.92 Å². The van der Waals surface area contributed by atoms with E-state index in [-0.39, 0.29) is 12.5 Å². The van der Waals surface area contributed by atoms with Crippen LogP contribution in [0.5, 0.6) is 0 Å². The molecule has 2 rings (SSSR count). The molecular formula is C13H19ClN4O2. The van der Waals surface area contributed by atoms with Gasteiger partial charge in [-0.3, -0.25) is 4.79 Å². The number of carbonyl (C=O) groups is 1. The minimum absolute atomic E-state index is 0.153. The summed E-state index contributed by atoms with van der Waals surface area (Å²) in [6.07, 6.45) is 0. The van der Waals surface area contributed by atoms with Crippen LogP contribution in [0.4, 0.5) is 5.82 Å². The molecule has 1 aromatic heterocycles. The maximum absolute atomic E-state index is 11.6. The number of carbonyl (C=O) groups excluding carboxylic acids is 1. The van der Waals surface area contributed by atoms with Gasteiger partial charge >= 0.3 is 0 Å². The fourth-order valence-corrected chi connectivity index (χ4v) is 2.30. The van der Waals surface area contributed by atoms with E-state index in [1.165, 1.54) is 0 Å². The lowest BCUT2D eigenvalue weighted by Gasteiger charge is -2.35. The molecule has 0 aromatic carbocycles. The zero-order valence-electron chi connectivity index (χ0n) is 11.9. The van der Waals surface area contributed by atoms with Gasteiger partial charge in [0.25, 0.3) is 0 Å². The minimum Gasteiger partial charge on any atom is -0.377 e. The van der Waals surface area contributed by atoms with E-state index in [9.17, 15) is 4.79 Å². The molecule has 1 aliphatic rings. The van der Waals surface area contributed by atoms with Crippen LogP contribution < -0.4 is 10.6 Å². The van der Waals surface area contributed by atoms with E-state index >= 15 is 0 Å². The number of hydrogen-bond donors (Lipinski definition) is 1. The van der Waals surface area contributed by atoms with Crippen molar-refractivity contribution < 1.29 is 9.53 Å². The van der Waals surface area contributed by atoms with Crippen LogP contribution in [0, 0.1) is 6.92 Å². The lowest BCUT2D eigenvalue weighted by atomic mass is 10.1. The summed E-state index contributed by atoms with van der Waals surface area (Å²) in [5.74, 6) is 1.05. The quantitative estimate of drug-likeness (QED) is 0.850. The second kappa shape index (κ2) is 5.93. The monoisotopic (exact) mass is 298 g/mol. The van der Waals surface area contributed by atoms with Crippen LogP contribution in [0.15, 0.2) is 0 Å². The maximum atomic E-state index is 11.6. The molecule has 1 saturated heterocycles. The van der Waals surface area contributed by atoms with Crippen molar-refractivity contribution >= 4 is 23.3 Å². The van der Waals surface area contributed by atoms with Crippen molar-refractivity contribution in [3.05, 3.63) is 16.5 Å². The Kier molecular flexibility index (Phi) is 4.45. The van der Waals surface area contributed by atoms with Crippen molar-refractivity contribution in [2.75, 3.05) is 24.7 Å². The van der Waals surface area contributed by atoms with Gasteiger partial charge in [-0.2, -0.15) is 0 Å². The number of amides is 1. The lowest BCUT2D eigenvalue weighted by molar-refractivity contribution is -0.121. The van der Waals surface area contributed by atoms with E-state index in [2.05, 4.69) is 9.97 Å². The third kappa shape index (κ3) is 2.86. The molecule has 20 heavy (non-hydrogen) atoms. The van der Waals surface area contributed by atoms with Gasteiger partial charge in [-0.25, -0.2) is 9.97 Å². The highest BCUT2D eigenvalue weighted by Crippen LogP contribution is 2.28. The molecule has 7 heteroatoms. The number of anilines is 1. The van der Waals surface area contributed by atoms with Crippen molar-refractivity contribution in [3.63, 3.8) is 0 Å². The van der Waals surface area contributed by atoms with Crippen molar-refractivity contribution in [2.45, 2.75) is 32.7 Å². The molecule has 1 amide bonds. The Morgan fingerprint density at radius 1 is 1.50 bits per heavy atom. The first kappa shape index (κ1) is 15.0. The van der Waals surface area contributed by atoms with Crippen LogP contribution in [0.2, 0.25) is 5.15 Å². The standard InChI is InChI=1S/C13H19ClN4O2/c1-7(2)12-16-10(14)8(3)13(17-12)18-4-5-20-6-9(18)11(15)19/h7,9H,4-6H2,1-3H3,(H2,15,19). The zero-order valence-corrected chi connectivity index (χ0v) is 12.6. The highest BCUT2D eigenvalue weighted by atomic mass is 35.5. The highest BCUT2D eigenvalue weighted by Gasteiger charge is 2.30. The molecule has 1 atom stereocenters. The lowest BCUT2D eigenvalue weighted by Crippen LogP contribution is -2.53. The third-order valence-corrected chi connectivity index (χ3v) is 3.69. The smallest absolute Gasteiger partial charge is 0.242 e. The Morgan fingerprint density at radius 2 is 2.20 bits per heavy atom. The number of aromatic nitrogens is 2. The highest BCUT2D eigenvalue weighted by molar-refractivity contribution is 6.30. The van der Waals surface area contributed by atoms with Crippen LogP contribution in [0.3, 0.4) is 0 Å². The van der Waals surface area contributed by atoms with E-state index in [1.807, 2.05) is 25.7 Å². The van der Waals surface area contributed by atoms with E-state index in [0.717, 1.165) is 5.56 Å². The molecule has 110 valence electrons. The molecule has 0 bridgehead atoms. The van der Waals surface area contributed by atoms with Gasteiger partial charge in [0.1, 0.15) is 22.8 Å². The number of rotatable bonds is 3. The van der Waals surface area contributed by atoms with Gasteiger partial charge in [-0.1, -0.05) is 25.4 Å². The number of halogens is 1. The summed E-state index contributed by atoms with van der Waals surface area (Å²) in [6, 6.07) is -0.520. The maximum Gasteiger partial charge on any atom is 0.242 e. The predicted molar refractivity (Wildman–Crippen MR) is 77.0 cm³/mol.